The van der Waals surface area contributed by atoms with Gasteiger partial charge in [0.2, 0.25) is 0 Å². The molecule has 2 aromatic carbocycles. The number of hydrogen-bond donors (Lipinski definition) is 0. The molecule has 0 fully saturated rings. The zero-order chi connectivity index (χ0) is 12.5. The Morgan fingerprint density at radius 2 is 1.72 bits per heavy atom. The van der Waals surface area contributed by atoms with Crippen molar-refractivity contribution in [1.82, 2.24) is 4.90 Å². The Morgan fingerprint density at radius 3 is 2.06 bits per heavy atom. The molecule has 18 heavy (non-hydrogen) atoms. The van der Waals surface area contributed by atoms with Gasteiger partial charge in [-0.3, -0.25) is 0 Å². The van der Waals surface area contributed by atoms with Gasteiger partial charge in [0, 0.05) is 0 Å². The summed E-state index contributed by atoms with van der Waals surface area (Å²) < 4.78 is 1.23. The van der Waals surface area contributed by atoms with Crippen LogP contribution in [0.5, 0.6) is 0 Å². The second kappa shape index (κ2) is 10.6. The van der Waals surface area contributed by atoms with Crippen LogP contribution < -0.4 is 0 Å². The van der Waals surface area contributed by atoms with Gasteiger partial charge in [0.1, 0.15) is 0 Å². The molecule has 0 aliphatic heterocycles. The third-order valence-electron chi connectivity index (χ3n) is 2.69. The van der Waals surface area contributed by atoms with E-state index < -0.39 is 0 Å². The first-order valence-corrected chi connectivity index (χ1v) is 6.86. The summed E-state index contributed by atoms with van der Waals surface area (Å²) in [4.78, 5) is 2.40. The molecule has 0 radical (unpaired) electrons. The number of hydrogen-bond acceptors (Lipinski definition) is 1. The zero-order valence-corrected chi connectivity index (χ0v) is 13.6. The molecule has 0 spiro atoms. The third-order valence-corrected chi connectivity index (χ3v) is 3.46. The van der Waals surface area contributed by atoms with E-state index in [4.69, 9.17) is 0 Å². The Labute approximate surface area is 130 Å². The maximum absolute atomic E-state index is 3.53. The van der Waals surface area contributed by atoms with Crippen molar-refractivity contribution in [3.8, 4) is 0 Å². The molecule has 0 saturated carbocycles. The quantitative estimate of drug-likeness (QED) is 0.583. The van der Waals surface area contributed by atoms with Crippen LogP contribution in [0.2, 0.25) is 0 Å². The summed E-state index contributed by atoms with van der Waals surface area (Å²) in [6, 6.07) is 16.4. The van der Waals surface area contributed by atoms with Gasteiger partial charge in [0.15, 0.2) is 0 Å². The van der Waals surface area contributed by atoms with Crippen LogP contribution in [0.4, 0.5) is 0 Å². The largest absolute Gasteiger partial charge is 2.00 e. The Kier molecular flexibility index (Phi) is 10.4. The fourth-order valence-corrected chi connectivity index (χ4v) is 1.98. The fraction of sp³-hybridized carbons (Fsp3) is 0.333. The smallest absolute Gasteiger partial charge is 0.312 e. The van der Waals surface area contributed by atoms with Crippen LogP contribution in [0.1, 0.15) is 19.4 Å². The van der Waals surface area contributed by atoms with Crippen molar-refractivity contribution < 1.29 is 17.1 Å². The van der Waals surface area contributed by atoms with E-state index in [9.17, 15) is 0 Å². The molecule has 2 aromatic rings. The van der Waals surface area contributed by atoms with Gasteiger partial charge in [-0.1, -0.05) is 34.3 Å². The fourth-order valence-electron chi connectivity index (χ4n) is 1.57. The van der Waals surface area contributed by atoms with Crippen molar-refractivity contribution >= 4 is 15.9 Å². The van der Waals surface area contributed by atoms with Crippen LogP contribution >= 0.6 is 15.9 Å². The summed E-state index contributed by atoms with van der Waals surface area (Å²) in [5, 5.41) is 0. The van der Waals surface area contributed by atoms with Crippen molar-refractivity contribution in [2.75, 3.05) is 13.1 Å². The van der Waals surface area contributed by atoms with Crippen molar-refractivity contribution in [2.24, 2.45) is 0 Å². The van der Waals surface area contributed by atoms with Gasteiger partial charge >= 0.3 is 17.1 Å². The molecule has 0 aromatic heterocycles. The van der Waals surface area contributed by atoms with Gasteiger partial charge in [-0.25, -0.2) is 18.2 Å². The van der Waals surface area contributed by atoms with Gasteiger partial charge in [-0.2, -0.15) is 35.9 Å². The minimum atomic E-state index is 0. The Morgan fingerprint density at radius 1 is 1.11 bits per heavy atom. The Hall–Kier alpha value is -0.341. The van der Waals surface area contributed by atoms with E-state index in [2.05, 4.69) is 52.9 Å². The number of halogens is 1. The molecule has 100 valence electrons. The molecule has 0 heterocycles. The van der Waals surface area contributed by atoms with E-state index >= 15 is 0 Å². The molecule has 0 atom stereocenters. The van der Waals surface area contributed by atoms with Crippen LogP contribution in [0.3, 0.4) is 0 Å². The van der Waals surface area contributed by atoms with E-state index in [1.54, 1.807) is 0 Å². The van der Waals surface area contributed by atoms with Crippen LogP contribution in [0.15, 0.2) is 53.0 Å². The molecule has 0 saturated heterocycles. The summed E-state index contributed by atoms with van der Waals surface area (Å²) in [7, 11) is 0. The van der Waals surface area contributed by atoms with Gasteiger partial charge in [0.25, 0.3) is 0 Å². The summed E-state index contributed by atoms with van der Waals surface area (Å²) >= 11 is 3.53. The van der Waals surface area contributed by atoms with Crippen molar-refractivity contribution in [3.63, 3.8) is 0 Å². The van der Waals surface area contributed by atoms with E-state index in [0.29, 0.717) is 0 Å². The van der Waals surface area contributed by atoms with Crippen molar-refractivity contribution in [1.29, 1.82) is 0 Å². The van der Waals surface area contributed by atoms with Gasteiger partial charge < -0.3 is 4.90 Å². The monoisotopic (exact) mass is 349 g/mol. The van der Waals surface area contributed by atoms with Crippen LogP contribution in [-0.2, 0) is 23.6 Å². The molecule has 2 rings (SSSR count). The summed E-state index contributed by atoms with van der Waals surface area (Å²) in [5.41, 5.74) is 1.39. The van der Waals surface area contributed by atoms with Gasteiger partial charge in [0.05, 0.1) is 0 Å². The average Bonchev–Trinajstić information content (AvgIpc) is 3.01. The second-order valence-electron chi connectivity index (χ2n) is 3.82. The molecule has 3 heteroatoms. The zero-order valence-electron chi connectivity index (χ0n) is 10.9. The first-order chi connectivity index (χ1) is 8.27. The molecule has 0 N–H and O–H groups in total. The third kappa shape index (κ3) is 6.55. The number of nitrogens with zero attached hydrogens (tertiary/aromatic N) is 1. The first-order valence-electron chi connectivity index (χ1n) is 6.07. The second-order valence-corrected chi connectivity index (χ2v) is 4.68. The van der Waals surface area contributed by atoms with Crippen molar-refractivity contribution in [2.45, 2.75) is 20.4 Å². The van der Waals surface area contributed by atoms with E-state index in [1.165, 1.54) is 10.0 Å². The number of rotatable bonds is 4. The predicted octanol–water partition coefficient (Wildman–Crippen LogP) is 4.41. The molecule has 0 aliphatic carbocycles. The van der Waals surface area contributed by atoms with Crippen LogP contribution in [0, 0.1) is 0 Å². The van der Waals surface area contributed by atoms with Crippen molar-refractivity contribution in [3.05, 3.63) is 58.6 Å². The predicted molar refractivity (Wildman–Crippen MR) is 78.4 cm³/mol. The van der Waals surface area contributed by atoms with E-state index in [0.717, 1.165) is 19.6 Å². The standard InChI is InChI=1S/C10H15BrN.C5H5.Fe/c1-3-12(4-2)8-9-6-5-7-10(9)11;1-2-4-5-3-1;/h5-7H,3-4,8H2,1-2H3;1-5H;/q2*-1;+2. The average molecular weight is 350 g/mol. The molecule has 0 unspecified atom stereocenters. The van der Waals surface area contributed by atoms with E-state index in [1.807, 2.05) is 30.3 Å². The molecule has 1 nitrogen and oxygen atoms in total. The van der Waals surface area contributed by atoms with Gasteiger partial charge in [-0.15, -0.1) is 0 Å². The Bertz CT molecular complexity index is 360. The topological polar surface area (TPSA) is 3.24 Å². The summed E-state index contributed by atoms with van der Waals surface area (Å²) in [5.74, 6) is 0. The Balaban J connectivity index is 0.000000405. The van der Waals surface area contributed by atoms with Crippen LogP contribution in [0.25, 0.3) is 0 Å². The summed E-state index contributed by atoms with van der Waals surface area (Å²) in [6.45, 7) is 7.68. The summed E-state index contributed by atoms with van der Waals surface area (Å²) in [6.07, 6.45) is 0. The first kappa shape index (κ1) is 17.7. The normalized spacial score (nSPS) is 9.56. The van der Waals surface area contributed by atoms with E-state index in [-0.39, 0.29) is 17.1 Å². The molecule has 0 amide bonds. The molecule has 0 bridgehead atoms. The minimum absolute atomic E-state index is 0. The maximum atomic E-state index is 3.53. The molecular weight excluding hydrogens is 330 g/mol. The molecular formula is C15H20BrFeN. The molecule has 0 aliphatic rings. The van der Waals surface area contributed by atoms with Crippen LogP contribution in [-0.4, -0.2) is 18.0 Å². The van der Waals surface area contributed by atoms with Gasteiger partial charge in [-0.05, 0) is 19.6 Å². The SMILES string of the molecule is CCN(CC)Cc1cc[cH-]c1Br.[Fe+2].c1cc[cH-]c1. The minimum Gasteiger partial charge on any atom is -0.312 e. The maximum Gasteiger partial charge on any atom is 2.00 e.